The quantitative estimate of drug-likeness (QED) is 0.310. The molecule has 23 heavy (non-hydrogen) atoms. The van der Waals surface area contributed by atoms with Crippen molar-refractivity contribution in [2.45, 2.75) is 24.3 Å². The zero-order chi connectivity index (χ0) is 15.0. The first kappa shape index (κ1) is 17.9. The number of benzene rings is 1. The molecule has 0 unspecified atom stereocenters. The highest BCUT2D eigenvalue weighted by atomic mass is 127. The molecule has 120 valence electrons. The Balaban J connectivity index is 0.00000192. The molecule has 0 aliphatic carbocycles. The highest BCUT2D eigenvalue weighted by Crippen LogP contribution is 2.22. The molecule has 0 aliphatic heterocycles. The van der Waals surface area contributed by atoms with Crippen molar-refractivity contribution in [3.05, 3.63) is 71.7 Å². The van der Waals surface area contributed by atoms with Crippen LogP contribution in [0.25, 0.3) is 0 Å². The fourth-order valence-corrected chi connectivity index (χ4v) is 3.05. The average molecular weight is 439 g/mol. The number of aryl methyl sites for hydroxylation is 1. The van der Waals surface area contributed by atoms with Crippen LogP contribution in [0.15, 0.2) is 64.5 Å². The van der Waals surface area contributed by atoms with Crippen molar-refractivity contribution in [1.29, 1.82) is 0 Å². The van der Waals surface area contributed by atoms with Crippen LogP contribution in [0.5, 0.6) is 0 Å². The van der Waals surface area contributed by atoms with E-state index in [1.54, 1.807) is 18.0 Å². The minimum Gasteiger partial charge on any atom is -0.264 e. The summed E-state index contributed by atoms with van der Waals surface area (Å²) in [6.45, 7) is 0. The molecule has 4 nitrogen and oxygen atoms in total. The van der Waals surface area contributed by atoms with E-state index < -0.39 is 0 Å². The maximum atomic E-state index is 4.89. The zero-order valence-corrected chi connectivity index (χ0v) is 15.7. The van der Waals surface area contributed by atoms with Crippen LogP contribution in [-0.4, -0.2) is 21.1 Å². The van der Waals surface area contributed by atoms with E-state index in [0.717, 1.165) is 34.9 Å². The van der Waals surface area contributed by atoms with Gasteiger partial charge in [0.05, 0.1) is 0 Å². The maximum absolute atomic E-state index is 4.89. The summed E-state index contributed by atoms with van der Waals surface area (Å²) in [5.41, 5.74) is 3.37. The average Bonchev–Trinajstić information content (AvgIpc) is 3.01. The molecule has 0 saturated heterocycles. The number of halogens is 1. The number of hydrogen-bond donors (Lipinski definition) is 0. The van der Waals surface area contributed by atoms with Gasteiger partial charge >= 0.3 is 0 Å². The van der Waals surface area contributed by atoms with E-state index in [-0.39, 0.29) is 24.0 Å². The van der Waals surface area contributed by atoms with Crippen LogP contribution in [0, 0.1) is 0 Å². The summed E-state index contributed by atoms with van der Waals surface area (Å²) < 4.78 is 4.89. The van der Waals surface area contributed by atoms with Crippen molar-refractivity contribution in [3.8, 4) is 0 Å². The Morgan fingerprint density at radius 2 is 1.78 bits per heavy atom. The molecule has 0 saturated carbocycles. The van der Waals surface area contributed by atoms with Gasteiger partial charge in [0.2, 0.25) is 0 Å². The Kier molecular flexibility index (Phi) is 7.54. The summed E-state index contributed by atoms with van der Waals surface area (Å²) in [6.07, 6.45) is 6.51. The molecule has 0 atom stereocenters. The van der Waals surface area contributed by atoms with Crippen molar-refractivity contribution < 1.29 is 4.63 Å². The lowest BCUT2D eigenvalue weighted by molar-refractivity contribution is 0.296. The topological polar surface area (TPSA) is 51.8 Å². The molecule has 0 radical (unpaired) electrons. The molecule has 0 spiro atoms. The summed E-state index contributed by atoms with van der Waals surface area (Å²) in [5, 5.41) is 8.91. The van der Waals surface area contributed by atoms with Gasteiger partial charge < -0.3 is 0 Å². The van der Waals surface area contributed by atoms with Crippen LogP contribution in [0.3, 0.4) is 0 Å². The van der Waals surface area contributed by atoms with Crippen molar-refractivity contribution in [2.24, 2.45) is 0 Å². The summed E-state index contributed by atoms with van der Waals surface area (Å²) in [5.74, 6) is 1.00. The number of thioether (sulfide) groups is 1. The Labute approximate surface area is 157 Å². The molecule has 0 N–H and O–H groups in total. The van der Waals surface area contributed by atoms with Gasteiger partial charge in [0, 0.05) is 18.8 Å². The van der Waals surface area contributed by atoms with E-state index in [1.165, 1.54) is 5.56 Å². The second-order valence-corrected chi connectivity index (χ2v) is 6.08. The minimum absolute atomic E-state index is 0. The smallest absolute Gasteiger partial charge is 0.164 e. The Morgan fingerprint density at radius 3 is 2.57 bits per heavy atom. The summed E-state index contributed by atoms with van der Waals surface area (Å²) >= 11 is 1.70. The minimum atomic E-state index is 0. The molecule has 0 aliphatic rings. The molecule has 2 heterocycles. The molecule has 0 fully saturated rings. The summed E-state index contributed by atoms with van der Waals surface area (Å²) in [7, 11) is 0. The van der Waals surface area contributed by atoms with Gasteiger partial charge in [-0.2, -0.15) is 0 Å². The van der Waals surface area contributed by atoms with E-state index >= 15 is 0 Å². The Hall–Kier alpha value is -1.41. The lowest BCUT2D eigenvalue weighted by Gasteiger charge is -2.01. The van der Waals surface area contributed by atoms with Crippen LogP contribution < -0.4 is 0 Å². The molecule has 1 aromatic carbocycles. The Bertz CT molecular complexity index is 691. The number of nitrogens with zero attached hydrogens (tertiary/aromatic N) is 3. The molecule has 0 bridgehead atoms. The largest absolute Gasteiger partial charge is 0.264 e. The van der Waals surface area contributed by atoms with E-state index in [2.05, 4.69) is 39.6 Å². The third-order valence-electron chi connectivity index (χ3n) is 3.31. The van der Waals surface area contributed by atoms with Crippen LogP contribution in [0.1, 0.15) is 23.2 Å². The summed E-state index contributed by atoms with van der Waals surface area (Å²) in [4.78, 5) is 4.12. The predicted octanol–water partition coefficient (Wildman–Crippen LogP) is 4.40. The third-order valence-corrected chi connectivity index (χ3v) is 4.38. The van der Waals surface area contributed by atoms with Crippen LogP contribution in [0.2, 0.25) is 0 Å². The molecule has 3 rings (SSSR count). The van der Waals surface area contributed by atoms with Crippen LogP contribution >= 0.6 is 35.7 Å². The standard InChI is InChI=1S/C17H17N3OS.HI/c1-2-6-14(7-3-1)9-5-11-22-17-16(19-21-20-17)12-15-8-4-10-18-13-15;/h1-4,6-8,10,13H,5,9,11-12H2;1H. The first-order valence-electron chi connectivity index (χ1n) is 7.29. The van der Waals surface area contributed by atoms with Gasteiger partial charge in [0.25, 0.3) is 0 Å². The fourth-order valence-electron chi connectivity index (χ4n) is 2.20. The van der Waals surface area contributed by atoms with Crippen molar-refractivity contribution in [2.75, 3.05) is 5.75 Å². The number of aromatic nitrogens is 3. The van der Waals surface area contributed by atoms with Gasteiger partial charge in [-0.3, -0.25) is 4.98 Å². The fraction of sp³-hybridized carbons (Fsp3) is 0.235. The van der Waals surface area contributed by atoms with E-state index in [0.29, 0.717) is 6.42 Å². The zero-order valence-electron chi connectivity index (χ0n) is 12.6. The highest BCUT2D eigenvalue weighted by Gasteiger charge is 2.11. The second kappa shape index (κ2) is 9.67. The van der Waals surface area contributed by atoms with Crippen LogP contribution in [0.4, 0.5) is 0 Å². The third kappa shape index (κ3) is 5.62. The monoisotopic (exact) mass is 439 g/mol. The second-order valence-electron chi connectivity index (χ2n) is 4.99. The van der Waals surface area contributed by atoms with Crippen molar-refractivity contribution >= 4 is 35.7 Å². The van der Waals surface area contributed by atoms with Gasteiger partial charge in [0.15, 0.2) is 5.03 Å². The van der Waals surface area contributed by atoms with Gasteiger partial charge in [0.1, 0.15) is 5.69 Å². The van der Waals surface area contributed by atoms with Gasteiger partial charge in [-0.1, -0.05) is 41.6 Å². The number of pyridine rings is 1. The normalized spacial score (nSPS) is 10.3. The maximum Gasteiger partial charge on any atom is 0.164 e. The first-order valence-corrected chi connectivity index (χ1v) is 8.27. The molecule has 2 aromatic heterocycles. The van der Waals surface area contributed by atoms with E-state index in [9.17, 15) is 0 Å². The first-order chi connectivity index (χ1) is 10.9. The lowest BCUT2D eigenvalue weighted by atomic mass is 10.1. The predicted molar refractivity (Wildman–Crippen MR) is 102 cm³/mol. The van der Waals surface area contributed by atoms with E-state index in [1.807, 2.05) is 24.4 Å². The van der Waals surface area contributed by atoms with Crippen molar-refractivity contribution in [1.82, 2.24) is 15.3 Å². The lowest BCUT2D eigenvalue weighted by Crippen LogP contribution is -1.93. The Morgan fingerprint density at radius 1 is 0.957 bits per heavy atom. The molecular formula is C17H18IN3OS. The van der Waals surface area contributed by atoms with Gasteiger partial charge in [-0.05, 0) is 40.9 Å². The van der Waals surface area contributed by atoms with Gasteiger partial charge in [-0.25, -0.2) is 4.63 Å². The number of hydrogen-bond acceptors (Lipinski definition) is 5. The molecule has 0 amide bonds. The van der Waals surface area contributed by atoms with Crippen LogP contribution in [-0.2, 0) is 12.8 Å². The van der Waals surface area contributed by atoms with Gasteiger partial charge in [-0.15, -0.1) is 35.7 Å². The molecule has 3 aromatic rings. The SMILES string of the molecule is I.c1ccc(CCCSc2nonc2Cc2cccnc2)cc1. The summed E-state index contributed by atoms with van der Waals surface area (Å²) in [6, 6.07) is 14.5. The van der Waals surface area contributed by atoms with E-state index in [4.69, 9.17) is 4.63 Å². The molecular weight excluding hydrogens is 421 g/mol. The highest BCUT2D eigenvalue weighted by molar-refractivity contribution is 14.0. The van der Waals surface area contributed by atoms with Crippen molar-refractivity contribution in [3.63, 3.8) is 0 Å². The number of rotatable bonds is 7. The molecule has 6 heteroatoms.